The monoisotopic (exact) mass is 680 g/mol. The van der Waals surface area contributed by atoms with Crippen LogP contribution in [0.4, 0.5) is 0 Å². The number of hydrogen-bond donors (Lipinski definition) is 0. The Bertz CT molecular complexity index is 3290. The number of furan rings is 2. The number of nitrogens with zero attached hydrogens (tertiary/aromatic N) is 2. The molecular formula is C49H32N2O2. The van der Waals surface area contributed by atoms with Crippen LogP contribution in [0.3, 0.4) is 0 Å². The molecule has 0 spiro atoms. The average molecular weight is 681 g/mol. The third-order valence-corrected chi connectivity index (χ3v) is 11.4. The van der Waals surface area contributed by atoms with Gasteiger partial charge in [-0.3, -0.25) is 0 Å². The van der Waals surface area contributed by atoms with E-state index in [-0.39, 0.29) is 0 Å². The van der Waals surface area contributed by atoms with Gasteiger partial charge in [-0.15, -0.1) is 0 Å². The predicted octanol–water partition coefficient (Wildman–Crippen LogP) is 13.4. The SMILES string of the molecule is CC1C=Cc2c(oc3ccc(-n4c5ccccc5c5cc(-c6cc(-n7c8ccccc8c8ccccc87)cc7c6oc6ccccc67)ccc54)cc23)C1. The molecule has 7 aromatic carbocycles. The van der Waals surface area contributed by atoms with E-state index < -0.39 is 0 Å². The molecule has 1 unspecified atom stereocenters. The smallest absolute Gasteiger partial charge is 0.143 e. The van der Waals surface area contributed by atoms with Gasteiger partial charge in [0.1, 0.15) is 22.5 Å². The largest absolute Gasteiger partial charge is 0.460 e. The first kappa shape index (κ1) is 28.9. The zero-order valence-corrected chi connectivity index (χ0v) is 29.0. The van der Waals surface area contributed by atoms with Crippen LogP contribution in [0.15, 0.2) is 161 Å². The number of aromatic nitrogens is 2. The fourth-order valence-corrected chi connectivity index (χ4v) is 9.02. The highest BCUT2D eigenvalue weighted by Crippen LogP contribution is 2.43. The summed E-state index contributed by atoms with van der Waals surface area (Å²) in [5.41, 5.74) is 13.1. The molecule has 53 heavy (non-hydrogen) atoms. The van der Waals surface area contributed by atoms with E-state index in [0.717, 1.165) is 73.1 Å². The van der Waals surface area contributed by atoms with E-state index in [1.807, 2.05) is 6.07 Å². The maximum atomic E-state index is 6.72. The number of benzene rings is 7. The molecule has 1 atom stereocenters. The Balaban J connectivity index is 1.12. The second kappa shape index (κ2) is 10.6. The molecule has 0 saturated heterocycles. The summed E-state index contributed by atoms with van der Waals surface area (Å²) in [4.78, 5) is 0. The third-order valence-electron chi connectivity index (χ3n) is 11.4. The number of rotatable bonds is 3. The molecule has 0 amide bonds. The predicted molar refractivity (Wildman–Crippen MR) is 220 cm³/mol. The fourth-order valence-electron chi connectivity index (χ4n) is 9.02. The first-order valence-corrected chi connectivity index (χ1v) is 18.4. The number of hydrogen-bond acceptors (Lipinski definition) is 2. The molecule has 0 radical (unpaired) electrons. The summed E-state index contributed by atoms with van der Waals surface area (Å²) in [5.74, 6) is 1.57. The Labute approximate surface area is 304 Å². The highest BCUT2D eigenvalue weighted by atomic mass is 16.3. The molecule has 250 valence electrons. The molecule has 0 aliphatic heterocycles. The number of allylic oxidation sites excluding steroid dienone is 1. The maximum Gasteiger partial charge on any atom is 0.143 e. The Morgan fingerprint density at radius 2 is 1.09 bits per heavy atom. The lowest BCUT2D eigenvalue weighted by Gasteiger charge is -2.12. The maximum absolute atomic E-state index is 6.72. The summed E-state index contributed by atoms with van der Waals surface area (Å²) in [6, 6.07) is 52.7. The van der Waals surface area contributed by atoms with Crippen molar-refractivity contribution in [2.75, 3.05) is 0 Å². The highest BCUT2D eigenvalue weighted by Gasteiger charge is 2.22. The first-order chi connectivity index (χ1) is 26.2. The van der Waals surface area contributed by atoms with Gasteiger partial charge in [-0.05, 0) is 78.2 Å². The molecule has 0 fully saturated rings. The zero-order chi connectivity index (χ0) is 34.8. The lowest BCUT2D eigenvalue weighted by molar-refractivity contribution is 0.513. The summed E-state index contributed by atoms with van der Waals surface area (Å²) < 4.78 is 17.9. The van der Waals surface area contributed by atoms with Crippen LogP contribution in [0.1, 0.15) is 18.2 Å². The van der Waals surface area contributed by atoms with Crippen LogP contribution in [-0.2, 0) is 6.42 Å². The zero-order valence-electron chi connectivity index (χ0n) is 29.0. The summed E-state index contributed by atoms with van der Waals surface area (Å²) in [5, 5.41) is 8.30. The van der Waals surface area contributed by atoms with Gasteiger partial charge in [0.2, 0.25) is 0 Å². The van der Waals surface area contributed by atoms with Crippen molar-refractivity contribution in [2.45, 2.75) is 13.3 Å². The molecule has 0 bridgehead atoms. The minimum atomic E-state index is 0.484. The van der Waals surface area contributed by atoms with E-state index in [1.165, 1.54) is 43.7 Å². The lowest BCUT2D eigenvalue weighted by Crippen LogP contribution is -2.00. The Morgan fingerprint density at radius 3 is 1.85 bits per heavy atom. The standard InChI is InChI=1S/C49H32N2O2/c1-29-18-21-37-40-26-31(20-23-47(40)52-48(37)24-29)50-44-16-8-4-12-35(44)39-25-30(19-22-45(39)50)38-27-32(28-41-36-13-5-9-17-46(36)53-49(38)41)51-42-14-6-2-10-33(42)34-11-3-7-15-43(34)51/h2-23,25-29H,24H2,1H3. The molecule has 4 heteroatoms. The van der Waals surface area contributed by atoms with E-state index in [1.54, 1.807) is 0 Å². The molecule has 12 rings (SSSR count). The van der Waals surface area contributed by atoms with Crippen LogP contribution >= 0.6 is 0 Å². The van der Waals surface area contributed by atoms with Crippen molar-refractivity contribution in [1.82, 2.24) is 9.13 Å². The van der Waals surface area contributed by atoms with Gasteiger partial charge in [-0.2, -0.15) is 0 Å². The van der Waals surface area contributed by atoms with Crippen LogP contribution in [0.25, 0.3) is 105 Å². The summed E-state index contributed by atoms with van der Waals surface area (Å²) in [6.07, 6.45) is 5.47. The molecule has 0 N–H and O–H groups in total. The van der Waals surface area contributed by atoms with Crippen LogP contribution in [0.5, 0.6) is 0 Å². The van der Waals surface area contributed by atoms with E-state index >= 15 is 0 Å². The topological polar surface area (TPSA) is 36.1 Å². The van der Waals surface area contributed by atoms with Crippen LogP contribution in [0, 0.1) is 5.92 Å². The minimum Gasteiger partial charge on any atom is -0.460 e. The molecule has 1 aliphatic carbocycles. The Hall–Kier alpha value is -6.78. The van der Waals surface area contributed by atoms with Gasteiger partial charge < -0.3 is 18.0 Å². The van der Waals surface area contributed by atoms with Crippen molar-refractivity contribution in [3.05, 3.63) is 163 Å². The van der Waals surface area contributed by atoms with Gasteiger partial charge in [0.15, 0.2) is 0 Å². The van der Waals surface area contributed by atoms with Crippen molar-refractivity contribution in [1.29, 1.82) is 0 Å². The molecule has 4 heterocycles. The van der Waals surface area contributed by atoms with Crippen molar-refractivity contribution >= 4 is 82.6 Å². The highest BCUT2D eigenvalue weighted by molar-refractivity contribution is 6.15. The Kier molecular flexibility index (Phi) is 5.79. The van der Waals surface area contributed by atoms with Crippen LogP contribution in [-0.4, -0.2) is 9.13 Å². The second-order valence-corrected chi connectivity index (χ2v) is 14.6. The number of fused-ring (bicyclic) bond motifs is 12. The van der Waals surface area contributed by atoms with Crippen molar-refractivity contribution < 1.29 is 8.83 Å². The quantitative estimate of drug-likeness (QED) is 0.186. The van der Waals surface area contributed by atoms with Gasteiger partial charge >= 0.3 is 0 Å². The fraction of sp³-hybridized carbons (Fsp3) is 0.0612. The van der Waals surface area contributed by atoms with Crippen LogP contribution < -0.4 is 0 Å². The minimum absolute atomic E-state index is 0.484. The van der Waals surface area contributed by atoms with Gasteiger partial charge in [-0.25, -0.2) is 0 Å². The summed E-state index contributed by atoms with van der Waals surface area (Å²) >= 11 is 0. The second-order valence-electron chi connectivity index (χ2n) is 14.6. The molecule has 0 saturated carbocycles. The molecule has 1 aliphatic rings. The van der Waals surface area contributed by atoms with Crippen LogP contribution in [0.2, 0.25) is 0 Å². The van der Waals surface area contributed by atoms with Crippen molar-refractivity contribution in [3.8, 4) is 22.5 Å². The van der Waals surface area contributed by atoms with E-state index in [9.17, 15) is 0 Å². The number of para-hydroxylation sites is 4. The van der Waals surface area contributed by atoms with Gasteiger partial charge in [0, 0.05) is 66.6 Å². The summed E-state index contributed by atoms with van der Waals surface area (Å²) in [6.45, 7) is 2.24. The van der Waals surface area contributed by atoms with E-state index in [0.29, 0.717) is 5.92 Å². The van der Waals surface area contributed by atoms with Crippen molar-refractivity contribution in [3.63, 3.8) is 0 Å². The Morgan fingerprint density at radius 1 is 0.491 bits per heavy atom. The molecular weight excluding hydrogens is 649 g/mol. The summed E-state index contributed by atoms with van der Waals surface area (Å²) in [7, 11) is 0. The molecule has 11 aromatic rings. The van der Waals surface area contributed by atoms with Gasteiger partial charge in [-0.1, -0.05) is 97.9 Å². The van der Waals surface area contributed by atoms with E-state index in [4.69, 9.17) is 8.83 Å². The van der Waals surface area contributed by atoms with E-state index in [2.05, 4.69) is 168 Å². The molecule has 4 nitrogen and oxygen atoms in total. The molecule has 4 aromatic heterocycles. The first-order valence-electron chi connectivity index (χ1n) is 18.4. The van der Waals surface area contributed by atoms with Gasteiger partial charge in [0.25, 0.3) is 0 Å². The average Bonchev–Trinajstić information content (AvgIpc) is 3.94. The third kappa shape index (κ3) is 4.06. The van der Waals surface area contributed by atoms with Crippen molar-refractivity contribution in [2.24, 2.45) is 5.92 Å². The lowest BCUT2D eigenvalue weighted by atomic mass is 9.95. The van der Waals surface area contributed by atoms with Gasteiger partial charge in [0.05, 0.1) is 22.1 Å². The normalized spacial score (nSPS) is 14.5.